The van der Waals surface area contributed by atoms with Gasteiger partial charge in [0.25, 0.3) is 11.8 Å². The fourth-order valence-electron chi connectivity index (χ4n) is 1.87. The van der Waals surface area contributed by atoms with Gasteiger partial charge >= 0.3 is 0 Å². The summed E-state index contributed by atoms with van der Waals surface area (Å²) in [6.07, 6.45) is 0.885. The number of nitrogens with one attached hydrogen (secondary N) is 2. The highest BCUT2D eigenvalue weighted by Gasteiger charge is 2.09. The SMILES string of the molecule is COCCNC(=O)c1cccc(C(=O)NCCCN(C)C)c1. The predicted molar refractivity (Wildman–Crippen MR) is 86.2 cm³/mol. The van der Waals surface area contributed by atoms with Gasteiger partial charge in [0, 0.05) is 31.3 Å². The second kappa shape index (κ2) is 9.92. The number of carbonyl (C=O) groups excluding carboxylic acids is 2. The van der Waals surface area contributed by atoms with Crippen molar-refractivity contribution in [1.29, 1.82) is 0 Å². The summed E-state index contributed by atoms with van der Waals surface area (Å²) in [4.78, 5) is 26.0. The zero-order valence-corrected chi connectivity index (χ0v) is 13.5. The maximum absolute atomic E-state index is 12.0. The fourth-order valence-corrected chi connectivity index (χ4v) is 1.87. The van der Waals surface area contributed by atoms with Gasteiger partial charge in [-0.05, 0) is 45.3 Å². The molecule has 1 aromatic carbocycles. The summed E-state index contributed by atoms with van der Waals surface area (Å²) in [6, 6.07) is 6.70. The minimum atomic E-state index is -0.209. The molecule has 1 aromatic rings. The van der Waals surface area contributed by atoms with Crippen molar-refractivity contribution in [2.75, 3.05) is 47.4 Å². The van der Waals surface area contributed by atoms with Gasteiger partial charge in [-0.15, -0.1) is 0 Å². The Morgan fingerprint density at radius 1 is 1.09 bits per heavy atom. The van der Waals surface area contributed by atoms with E-state index in [4.69, 9.17) is 4.74 Å². The minimum absolute atomic E-state index is 0.162. The molecule has 0 spiro atoms. The zero-order chi connectivity index (χ0) is 16.4. The van der Waals surface area contributed by atoms with Gasteiger partial charge in [0.2, 0.25) is 0 Å². The van der Waals surface area contributed by atoms with Crippen LogP contribution in [0.15, 0.2) is 24.3 Å². The first kappa shape index (κ1) is 18.1. The summed E-state index contributed by atoms with van der Waals surface area (Å²) >= 11 is 0. The largest absolute Gasteiger partial charge is 0.383 e. The van der Waals surface area contributed by atoms with Crippen molar-refractivity contribution >= 4 is 11.8 Å². The first-order chi connectivity index (χ1) is 10.5. The second-order valence-corrected chi connectivity index (χ2v) is 5.24. The maximum atomic E-state index is 12.0. The lowest BCUT2D eigenvalue weighted by atomic mass is 10.1. The number of hydrogen-bond acceptors (Lipinski definition) is 4. The third kappa shape index (κ3) is 6.69. The molecule has 0 bridgehead atoms. The number of benzene rings is 1. The average Bonchev–Trinajstić information content (AvgIpc) is 2.51. The van der Waals surface area contributed by atoms with E-state index in [1.54, 1.807) is 31.4 Å². The molecule has 0 aliphatic rings. The highest BCUT2D eigenvalue weighted by atomic mass is 16.5. The molecule has 0 aliphatic heterocycles. The van der Waals surface area contributed by atoms with Gasteiger partial charge in [-0.2, -0.15) is 0 Å². The summed E-state index contributed by atoms with van der Waals surface area (Å²) in [5.41, 5.74) is 0.960. The molecule has 0 atom stereocenters. The van der Waals surface area contributed by atoms with Gasteiger partial charge in [-0.25, -0.2) is 0 Å². The molecule has 2 N–H and O–H groups in total. The summed E-state index contributed by atoms with van der Waals surface area (Å²) in [5.74, 6) is -0.371. The highest BCUT2D eigenvalue weighted by Crippen LogP contribution is 2.05. The van der Waals surface area contributed by atoms with Crippen molar-refractivity contribution in [3.63, 3.8) is 0 Å². The monoisotopic (exact) mass is 307 g/mol. The molecule has 0 aliphatic carbocycles. The quantitative estimate of drug-likeness (QED) is 0.660. The predicted octanol–water partition coefficient (Wildman–Crippen LogP) is 0.744. The summed E-state index contributed by atoms with van der Waals surface area (Å²) in [5, 5.41) is 5.59. The van der Waals surface area contributed by atoms with E-state index in [0.717, 1.165) is 13.0 Å². The Kier molecular flexibility index (Phi) is 8.17. The van der Waals surface area contributed by atoms with Crippen LogP contribution in [0.4, 0.5) is 0 Å². The molecule has 22 heavy (non-hydrogen) atoms. The molecular weight excluding hydrogens is 282 g/mol. The van der Waals surface area contributed by atoms with Crippen molar-refractivity contribution in [3.8, 4) is 0 Å². The molecule has 0 radical (unpaired) electrons. The Morgan fingerprint density at radius 2 is 1.68 bits per heavy atom. The van der Waals surface area contributed by atoms with E-state index < -0.39 is 0 Å². The lowest BCUT2D eigenvalue weighted by molar-refractivity contribution is 0.0937. The molecule has 0 heterocycles. The van der Waals surface area contributed by atoms with Crippen molar-refractivity contribution < 1.29 is 14.3 Å². The Hall–Kier alpha value is -1.92. The summed E-state index contributed by atoms with van der Waals surface area (Å²) in [6.45, 7) is 2.43. The number of hydrogen-bond donors (Lipinski definition) is 2. The van der Waals surface area contributed by atoms with Crippen LogP contribution in [0, 0.1) is 0 Å². The van der Waals surface area contributed by atoms with Gasteiger partial charge in [0.1, 0.15) is 0 Å². The molecule has 0 fully saturated rings. The number of carbonyl (C=O) groups is 2. The molecular formula is C16H25N3O3. The first-order valence-corrected chi connectivity index (χ1v) is 7.34. The van der Waals surface area contributed by atoms with Crippen LogP contribution in [-0.2, 0) is 4.74 Å². The van der Waals surface area contributed by atoms with Gasteiger partial charge in [0.15, 0.2) is 0 Å². The van der Waals surface area contributed by atoms with Crippen LogP contribution < -0.4 is 10.6 Å². The van der Waals surface area contributed by atoms with E-state index in [9.17, 15) is 9.59 Å². The lowest BCUT2D eigenvalue weighted by Crippen LogP contribution is -2.29. The standard InChI is InChI=1S/C16H25N3O3/c1-19(2)10-5-8-17-15(20)13-6-4-7-14(12-13)16(21)18-9-11-22-3/h4,6-7,12H,5,8-11H2,1-3H3,(H,17,20)(H,18,21). The van der Waals surface area contributed by atoms with E-state index in [1.165, 1.54) is 0 Å². The van der Waals surface area contributed by atoms with Crippen LogP contribution in [0.1, 0.15) is 27.1 Å². The van der Waals surface area contributed by atoms with Crippen molar-refractivity contribution in [2.45, 2.75) is 6.42 Å². The Balaban J connectivity index is 2.52. The van der Waals surface area contributed by atoms with Crippen molar-refractivity contribution in [3.05, 3.63) is 35.4 Å². The molecule has 0 saturated carbocycles. The summed E-state index contributed by atoms with van der Waals surface area (Å²) in [7, 11) is 5.56. The van der Waals surface area contributed by atoms with E-state index >= 15 is 0 Å². The van der Waals surface area contributed by atoms with Gasteiger partial charge in [0.05, 0.1) is 6.61 Å². The van der Waals surface area contributed by atoms with Gasteiger partial charge in [-0.1, -0.05) is 6.07 Å². The van der Waals surface area contributed by atoms with E-state index in [2.05, 4.69) is 15.5 Å². The number of rotatable bonds is 9. The molecule has 1 rings (SSSR count). The van der Waals surface area contributed by atoms with E-state index in [-0.39, 0.29) is 11.8 Å². The molecule has 0 unspecified atom stereocenters. The van der Waals surface area contributed by atoms with Crippen molar-refractivity contribution in [1.82, 2.24) is 15.5 Å². The van der Waals surface area contributed by atoms with Crippen LogP contribution >= 0.6 is 0 Å². The van der Waals surface area contributed by atoms with E-state index in [0.29, 0.717) is 30.8 Å². The smallest absolute Gasteiger partial charge is 0.251 e. The van der Waals surface area contributed by atoms with Gasteiger partial charge in [-0.3, -0.25) is 9.59 Å². The van der Waals surface area contributed by atoms with Crippen LogP contribution in [0.3, 0.4) is 0 Å². The van der Waals surface area contributed by atoms with Gasteiger partial charge < -0.3 is 20.3 Å². The Labute approximate surface area is 131 Å². The third-order valence-corrected chi connectivity index (χ3v) is 3.05. The molecule has 6 heteroatoms. The molecule has 6 nitrogen and oxygen atoms in total. The molecule has 2 amide bonds. The van der Waals surface area contributed by atoms with Crippen LogP contribution in [0.5, 0.6) is 0 Å². The third-order valence-electron chi connectivity index (χ3n) is 3.05. The van der Waals surface area contributed by atoms with Crippen LogP contribution in [0.2, 0.25) is 0 Å². The van der Waals surface area contributed by atoms with Crippen LogP contribution in [0.25, 0.3) is 0 Å². The topological polar surface area (TPSA) is 70.7 Å². The number of methoxy groups -OCH3 is 1. The van der Waals surface area contributed by atoms with E-state index in [1.807, 2.05) is 14.1 Å². The summed E-state index contributed by atoms with van der Waals surface area (Å²) < 4.78 is 4.88. The lowest BCUT2D eigenvalue weighted by Gasteiger charge is -2.10. The number of amides is 2. The molecule has 122 valence electrons. The second-order valence-electron chi connectivity index (χ2n) is 5.24. The minimum Gasteiger partial charge on any atom is -0.383 e. The number of nitrogens with zero attached hydrogens (tertiary/aromatic N) is 1. The van der Waals surface area contributed by atoms with Crippen LogP contribution in [-0.4, -0.2) is 64.2 Å². The zero-order valence-electron chi connectivity index (χ0n) is 13.5. The normalized spacial score (nSPS) is 10.5. The molecule has 0 saturated heterocycles. The number of ether oxygens (including phenoxy) is 1. The molecule has 0 aromatic heterocycles. The fraction of sp³-hybridized carbons (Fsp3) is 0.500. The van der Waals surface area contributed by atoms with Crippen molar-refractivity contribution in [2.24, 2.45) is 0 Å². The maximum Gasteiger partial charge on any atom is 0.251 e. The highest BCUT2D eigenvalue weighted by molar-refractivity contribution is 5.99. The Bertz CT molecular complexity index is 489. The first-order valence-electron chi connectivity index (χ1n) is 7.34. The average molecular weight is 307 g/mol. The Morgan fingerprint density at radius 3 is 2.23 bits per heavy atom.